The van der Waals surface area contributed by atoms with E-state index in [1.54, 1.807) is 11.0 Å². The first kappa shape index (κ1) is 14.8. The van der Waals surface area contributed by atoms with Crippen molar-refractivity contribution in [1.82, 2.24) is 10.2 Å². The number of carbonyl (C=O) groups excluding carboxylic acids is 1. The highest BCUT2D eigenvalue weighted by Crippen LogP contribution is 2.42. The Bertz CT molecular complexity index is 782. The van der Waals surface area contributed by atoms with Crippen molar-refractivity contribution in [2.24, 2.45) is 4.99 Å². The molecule has 0 saturated carbocycles. The topological polar surface area (TPSA) is 63.2 Å². The minimum Gasteiger partial charge on any atom is -0.454 e. The number of amides is 1. The van der Waals surface area contributed by atoms with Gasteiger partial charge in [0.2, 0.25) is 6.79 Å². The second-order valence-corrected chi connectivity index (χ2v) is 5.96. The van der Waals surface area contributed by atoms with Gasteiger partial charge in [-0.1, -0.05) is 12.1 Å². The lowest BCUT2D eigenvalue weighted by atomic mass is 9.96. The van der Waals surface area contributed by atoms with E-state index in [0.717, 1.165) is 29.1 Å². The number of hydrogen-bond acceptors (Lipinski definition) is 5. The molecule has 3 heterocycles. The zero-order valence-electron chi connectivity index (χ0n) is 13.5. The molecular weight excluding hydrogens is 306 g/mol. The number of ether oxygens (including phenoxy) is 2. The average Bonchev–Trinajstić information content (AvgIpc) is 3.09. The predicted molar refractivity (Wildman–Crippen MR) is 90.2 cm³/mol. The summed E-state index contributed by atoms with van der Waals surface area (Å²) in [6.45, 7) is 7.82. The number of benzene rings is 1. The fraction of sp³-hybridized carbons (Fsp3) is 0.333. The van der Waals surface area contributed by atoms with Crippen LogP contribution in [0.3, 0.4) is 0 Å². The van der Waals surface area contributed by atoms with Gasteiger partial charge in [0.05, 0.1) is 12.6 Å². The van der Waals surface area contributed by atoms with Gasteiger partial charge in [0.15, 0.2) is 11.5 Å². The van der Waals surface area contributed by atoms with E-state index < -0.39 is 0 Å². The Labute approximate surface area is 140 Å². The molecule has 1 saturated heterocycles. The lowest BCUT2D eigenvalue weighted by Crippen LogP contribution is -2.30. The maximum atomic E-state index is 12.9. The van der Waals surface area contributed by atoms with Crippen LogP contribution < -0.4 is 14.8 Å². The number of fused-ring (bicyclic) bond motifs is 2. The maximum Gasteiger partial charge on any atom is 0.273 e. The summed E-state index contributed by atoms with van der Waals surface area (Å²) in [7, 11) is 0. The van der Waals surface area contributed by atoms with E-state index in [0.29, 0.717) is 24.6 Å². The molecule has 3 aliphatic rings. The molecule has 0 bridgehead atoms. The van der Waals surface area contributed by atoms with Gasteiger partial charge in [0.1, 0.15) is 5.71 Å². The van der Waals surface area contributed by atoms with Crippen LogP contribution in [0.1, 0.15) is 18.5 Å². The van der Waals surface area contributed by atoms with Crippen molar-refractivity contribution in [3.8, 4) is 11.5 Å². The van der Waals surface area contributed by atoms with E-state index in [1.807, 2.05) is 25.1 Å². The van der Waals surface area contributed by atoms with E-state index in [9.17, 15) is 4.79 Å². The molecule has 6 nitrogen and oxygen atoms in total. The molecule has 24 heavy (non-hydrogen) atoms. The molecule has 1 amide bonds. The van der Waals surface area contributed by atoms with Crippen LogP contribution in [0.4, 0.5) is 0 Å². The quantitative estimate of drug-likeness (QED) is 0.861. The normalized spacial score (nSPS) is 22.0. The summed E-state index contributed by atoms with van der Waals surface area (Å²) in [5.74, 6) is 1.40. The monoisotopic (exact) mass is 325 g/mol. The van der Waals surface area contributed by atoms with Crippen LogP contribution in [0.5, 0.6) is 11.5 Å². The zero-order chi connectivity index (χ0) is 16.7. The standard InChI is InChI=1S/C18H19N3O3/c1-3-8-21-17(12-4-5-13-14(9-12)24-10-23-13)15-11(2)19-6-7-20-16(15)18(21)22/h3-5,9,17,19H,1,6-8,10H2,2H3. The molecule has 1 aromatic rings. The third kappa shape index (κ3) is 2.18. The Morgan fingerprint density at radius 2 is 2.25 bits per heavy atom. The molecule has 1 N–H and O–H groups in total. The second-order valence-electron chi connectivity index (χ2n) is 5.96. The third-order valence-electron chi connectivity index (χ3n) is 4.52. The Morgan fingerprint density at radius 1 is 1.42 bits per heavy atom. The molecule has 1 atom stereocenters. The Morgan fingerprint density at radius 3 is 3.08 bits per heavy atom. The SMILES string of the molecule is C=CCN1C(=O)C2=NCCNC(C)=C2C1c1ccc2c(c1)OCO2. The lowest BCUT2D eigenvalue weighted by molar-refractivity contribution is -0.123. The highest BCUT2D eigenvalue weighted by molar-refractivity contribution is 6.48. The Hall–Kier alpha value is -2.76. The summed E-state index contributed by atoms with van der Waals surface area (Å²) < 4.78 is 10.9. The smallest absolute Gasteiger partial charge is 0.273 e. The number of allylic oxidation sites excluding steroid dienone is 1. The van der Waals surface area contributed by atoms with Crippen LogP contribution in [0.15, 0.2) is 47.1 Å². The molecule has 4 rings (SSSR count). The number of rotatable bonds is 3. The molecule has 0 aromatic heterocycles. The van der Waals surface area contributed by atoms with E-state index in [-0.39, 0.29) is 18.7 Å². The molecule has 3 aliphatic heterocycles. The molecule has 0 radical (unpaired) electrons. The summed E-state index contributed by atoms with van der Waals surface area (Å²) in [5, 5.41) is 3.36. The number of likely N-dealkylation sites (tertiary alicyclic amines) is 1. The van der Waals surface area contributed by atoms with Crippen molar-refractivity contribution >= 4 is 11.6 Å². The second kappa shape index (κ2) is 5.70. The predicted octanol–water partition coefficient (Wildman–Crippen LogP) is 1.80. The van der Waals surface area contributed by atoms with Crippen LogP contribution >= 0.6 is 0 Å². The molecule has 1 aromatic carbocycles. The van der Waals surface area contributed by atoms with E-state index in [4.69, 9.17) is 9.47 Å². The van der Waals surface area contributed by atoms with E-state index in [1.165, 1.54) is 0 Å². The number of nitrogens with zero attached hydrogens (tertiary/aromatic N) is 2. The first-order chi connectivity index (χ1) is 11.7. The van der Waals surface area contributed by atoms with Gasteiger partial charge < -0.3 is 19.7 Å². The van der Waals surface area contributed by atoms with E-state index >= 15 is 0 Å². The lowest BCUT2D eigenvalue weighted by Gasteiger charge is -2.25. The fourth-order valence-electron chi connectivity index (χ4n) is 3.45. The van der Waals surface area contributed by atoms with Gasteiger partial charge in [-0.2, -0.15) is 0 Å². The van der Waals surface area contributed by atoms with Crippen LogP contribution in [0.25, 0.3) is 0 Å². The van der Waals surface area contributed by atoms with Crippen molar-refractivity contribution in [1.29, 1.82) is 0 Å². The highest BCUT2D eigenvalue weighted by Gasteiger charge is 2.43. The number of hydrogen-bond donors (Lipinski definition) is 1. The molecule has 124 valence electrons. The molecule has 1 fully saturated rings. The van der Waals surface area contributed by atoms with Gasteiger partial charge >= 0.3 is 0 Å². The zero-order valence-corrected chi connectivity index (χ0v) is 13.5. The van der Waals surface area contributed by atoms with Crippen molar-refractivity contribution in [3.05, 3.63) is 47.7 Å². The van der Waals surface area contributed by atoms with Crippen LogP contribution in [-0.4, -0.2) is 42.9 Å². The maximum absolute atomic E-state index is 12.9. The first-order valence-corrected chi connectivity index (χ1v) is 8.01. The third-order valence-corrected chi connectivity index (χ3v) is 4.52. The summed E-state index contributed by atoms with van der Waals surface area (Å²) in [5.41, 5.74) is 3.48. The molecular formula is C18H19N3O3. The summed E-state index contributed by atoms with van der Waals surface area (Å²) in [6, 6.07) is 5.62. The summed E-state index contributed by atoms with van der Waals surface area (Å²) in [6.07, 6.45) is 1.74. The van der Waals surface area contributed by atoms with Crippen molar-refractivity contribution in [3.63, 3.8) is 0 Å². The van der Waals surface area contributed by atoms with Crippen molar-refractivity contribution in [2.75, 3.05) is 26.4 Å². The van der Waals surface area contributed by atoms with Crippen LogP contribution in [0, 0.1) is 0 Å². The van der Waals surface area contributed by atoms with Crippen LogP contribution in [-0.2, 0) is 4.79 Å². The van der Waals surface area contributed by atoms with Crippen LogP contribution in [0.2, 0.25) is 0 Å². The van der Waals surface area contributed by atoms with Gasteiger partial charge in [-0.15, -0.1) is 6.58 Å². The Balaban J connectivity index is 1.86. The number of carbonyl (C=O) groups is 1. The van der Waals surface area contributed by atoms with Gasteiger partial charge in [-0.05, 0) is 24.6 Å². The van der Waals surface area contributed by atoms with E-state index in [2.05, 4.69) is 16.9 Å². The minimum absolute atomic E-state index is 0.0457. The highest BCUT2D eigenvalue weighted by atomic mass is 16.7. The van der Waals surface area contributed by atoms with Gasteiger partial charge in [0, 0.05) is 24.4 Å². The van der Waals surface area contributed by atoms with Gasteiger partial charge in [0.25, 0.3) is 5.91 Å². The summed E-state index contributed by atoms with van der Waals surface area (Å²) in [4.78, 5) is 19.2. The van der Waals surface area contributed by atoms with Gasteiger partial charge in [-0.3, -0.25) is 9.79 Å². The number of aliphatic imine (C=N–C) groups is 1. The minimum atomic E-state index is -0.200. The van der Waals surface area contributed by atoms with Gasteiger partial charge in [-0.25, -0.2) is 0 Å². The molecule has 6 heteroatoms. The molecule has 0 aliphatic carbocycles. The molecule has 1 unspecified atom stereocenters. The fourth-order valence-corrected chi connectivity index (χ4v) is 3.45. The van der Waals surface area contributed by atoms with Crippen molar-refractivity contribution < 1.29 is 14.3 Å². The first-order valence-electron chi connectivity index (χ1n) is 8.01. The average molecular weight is 325 g/mol. The summed E-state index contributed by atoms with van der Waals surface area (Å²) >= 11 is 0. The van der Waals surface area contributed by atoms with Crippen molar-refractivity contribution in [2.45, 2.75) is 13.0 Å². The largest absolute Gasteiger partial charge is 0.454 e. The molecule has 0 spiro atoms. The Kier molecular flexibility index (Phi) is 3.52. The number of nitrogens with one attached hydrogen (secondary N) is 1.